The van der Waals surface area contributed by atoms with E-state index in [1.807, 2.05) is 0 Å². The zero-order chi connectivity index (χ0) is 12.3. The molecule has 0 aliphatic heterocycles. The zero-order valence-corrected chi connectivity index (χ0v) is 10.8. The van der Waals surface area contributed by atoms with E-state index in [4.69, 9.17) is 4.74 Å². The van der Waals surface area contributed by atoms with Crippen LogP contribution in [0.3, 0.4) is 0 Å². The fourth-order valence-electron chi connectivity index (χ4n) is 1.12. The number of benzene rings is 1. The minimum absolute atomic E-state index is 0.0126. The molecule has 0 spiro atoms. The summed E-state index contributed by atoms with van der Waals surface area (Å²) in [4.78, 5) is 11.3. The van der Waals surface area contributed by atoms with Gasteiger partial charge in [-0.15, -0.1) is 0 Å². The van der Waals surface area contributed by atoms with Crippen molar-refractivity contribution < 1.29 is 18.7 Å². The van der Waals surface area contributed by atoms with Gasteiger partial charge in [-0.25, -0.2) is 9.18 Å². The van der Waals surface area contributed by atoms with Gasteiger partial charge in [0.25, 0.3) is 0 Å². The first-order chi connectivity index (χ1) is 7.36. The Hall–Kier alpha value is -1.10. The first kappa shape index (κ1) is 13.0. The van der Waals surface area contributed by atoms with Crippen LogP contribution in [-0.4, -0.2) is 18.7 Å². The molecule has 0 unspecified atom stereocenters. The molecule has 1 aromatic carbocycles. The second kappa shape index (κ2) is 4.82. The van der Waals surface area contributed by atoms with E-state index in [0.717, 1.165) is 0 Å². The number of ether oxygens (including phenoxy) is 2. The van der Waals surface area contributed by atoms with Gasteiger partial charge < -0.3 is 9.47 Å². The van der Waals surface area contributed by atoms with Crippen molar-refractivity contribution in [3.8, 4) is 5.75 Å². The van der Waals surface area contributed by atoms with E-state index in [2.05, 4.69) is 20.7 Å². The molecule has 0 amide bonds. The molecule has 0 aliphatic rings. The molecule has 0 atom stereocenters. The molecule has 3 nitrogen and oxygen atoms in total. The van der Waals surface area contributed by atoms with Crippen molar-refractivity contribution in [1.82, 2.24) is 0 Å². The van der Waals surface area contributed by atoms with Gasteiger partial charge in [-0.2, -0.15) is 0 Å². The molecule has 5 heteroatoms. The summed E-state index contributed by atoms with van der Waals surface area (Å²) in [5, 5.41) is 0. The number of halogens is 2. The van der Waals surface area contributed by atoms with Gasteiger partial charge in [0.15, 0.2) is 17.2 Å². The Kier molecular flexibility index (Phi) is 3.91. The van der Waals surface area contributed by atoms with Crippen LogP contribution in [0, 0.1) is 5.82 Å². The Morgan fingerprint density at radius 1 is 1.44 bits per heavy atom. The van der Waals surface area contributed by atoms with Crippen molar-refractivity contribution in [2.24, 2.45) is 0 Å². The van der Waals surface area contributed by atoms with Crippen molar-refractivity contribution >= 4 is 21.9 Å². The standard InChI is InChI=1S/C11H12BrFO3/c1-11(2,10(14)15-3)16-9-5-4-7(12)6-8(9)13/h4-6H,1-3H3. The van der Waals surface area contributed by atoms with Gasteiger partial charge in [-0.3, -0.25) is 0 Å². The maximum atomic E-state index is 13.4. The highest BCUT2D eigenvalue weighted by atomic mass is 79.9. The quantitative estimate of drug-likeness (QED) is 0.803. The number of esters is 1. The molecular weight excluding hydrogens is 279 g/mol. The van der Waals surface area contributed by atoms with Gasteiger partial charge in [0.1, 0.15) is 0 Å². The van der Waals surface area contributed by atoms with E-state index in [-0.39, 0.29) is 5.75 Å². The average Bonchev–Trinajstić information content (AvgIpc) is 2.21. The number of carbonyl (C=O) groups excluding carboxylic acids is 1. The van der Waals surface area contributed by atoms with Crippen LogP contribution in [0.1, 0.15) is 13.8 Å². The normalized spacial score (nSPS) is 11.1. The van der Waals surface area contributed by atoms with Crippen molar-refractivity contribution in [3.63, 3.8) is 0 Å². The number of hydrogen-bond donors (Lipinski definition) is 0. The van der Waals surface area contributed by atoms with Crippen LogP contribution in [0.2, 0.25) is 0 Å². The van der Waals surface area contributed by atoms with E-state index in [1.165, 1.54) is 33.1 Å². The summed E-state index contributed by atoms with van der Waals surface area (Å²) in [5.74, 6) is -1.08. The third-order valence-corrected chi connectivity index (χ3v) is 2.43. The van der Waals surface area contributed by atoms with Crippen LogP contribution in [0.5, 0.6) is 5.75 Å². The average molecular weight is 291 g/mol. The molecule has 0 N–H and O–H groups in total. The van der Waals surface area contributed by atoms with Crippen LogP contribution >= 0.6 is 15.9 Å². The number of hydrogen-bond acceptors (Lipinski definition) is 3. The van der Waals surface area contributed by atoms with Gasteiger partial charge in [0.05, 0.1) is 7.11 Å². The molecule has 0 heterocycles. The van der Waals surface area contributed by atoms with E-state index in [1.54, 1.807) is 6.07 Å². The lowest BCUT2D eigenvalue weighted by molar-refractivity contribution is -0.156. The topological polar surface area (TPSA) is 35.5 Å². The third-order valence-electron chi connectivity index (χ3n) is 1.94. The largest absolute Gasteiger partial charge is 0.473 e. The Labute approximate surface area is 102 Å². The summed E-state index contributed by atoms with van der Waals surface area (Å²) in [6, 6.07) is 4.35. The molecule has 0 saturated heterocycles. The highest BCUT2D eigenvalue weighted by Gasteiger charge is 2.31. The lowest BCUT2D eigenvalue weighted by Gasteiger charge is -2.23. The second-order valence-corrected chi connectivity index (χ2v) is 4.59. The molecule has 88 valence electrons. The highest BCUT2D eigenvalue weighted by Crippen LogP contribution is 2.25. The Balaban J connectivity index is 2.92. The molecular formula is C11H12BrFO3. The predicted octanol–water partition coefficient (Wildman–Crippen LogP) is 2.92. The van der Waals surface area contributed by atoms with E-state index in [9.17, 15) is 9.18 Å². The lowest BCUT2D eigenvalue weighted by atomic mass is 10.1. The van der Waals surface area contributed by atoms with Crippen molar-refractivity contribution in [3.05, 3.63) is 28.5 Å². The van der Waals surface area contributed by atoms with E-state index >= 15 is 0 Å². The first-order valence-corrected chi connectivity index (χ1v) is 5.38. The van der Waals surface area contributed by atoms with Gasteiger partial charge in [0, 0.05) is 4.47 Å². The van der Waals surface area contributed by atoms with Crippen LogP contribution in [0.4, 0.5) is 4.39 Å². The Bertz CT molecular complexity index is 404. The summed E-state index contributed by atoms with van der Waals surface area (Å²) < 4.78 is 23.9. The van der Waals surface area contributed by atoms with Gasteiger partial charge in [-0.05, 0) is 32.0 Å². The zero-order valence-electron chi connectivity index (χ0n) is 9.21. The molecule has 16 heavy (non-hydrogen) atoms. The predicted molar refractivity (Wildman–Crippen MR) is 60.8 cm³/mol. The third kappa shape index (κ3) is 2.95. The molecule has 1 aromatic rings. The maximum Gasteiger partial charge on any atom is 0.349 e. The Morgan fingerprint density at radius 3 is 2.56 bits per heavy atom. The number of methoxy groups -OCH3 is 1. The maximum absolute atomic E-state index is 13.4. The minimum atomic E-state index is -1.22. The summed E-state index contributed by atoms with van der Waals surface area (Å²) >= 11 is 3.13. The molecule has 0 fully saturated rings. The van der Waals surface area contributed by atoms with Crippen molar-refractivity contribution in [1.29, 1.82) is 0 Å². The fraction of sp³-hybridized carbons (Fsp3) is 0.364. The summed E-state index contributed by atoms with van der Waals surface area (Å²) in [6.45, 7) is 3.03. The summed E-state index contributed by atoms with van der Waals surface area (Å²) in [6.07, 6.45) is 0. The molecule has 0 aliphatic carbocycles. The number of rotatable bonds is 3. The van der Waals surface area contributed by atoms with E-state index < -0.39 is 17.4 Å². The van der Waals surface area contributed by atoms with Gasteiger partial charge >= 0.3 is 5.97 Å². The van der Waals surface area contributed by atoms with Gasteiger partial charge in [-0.1, -0.05) is 15.9 Å². The van der Waals surface area contributed by atoms with Gasteiger partial charge in [0.2, 0.25) is 0 Å². The highest BCUT2D eigenvalue weighted by molar-refractivity contribution is 9.10. The molecule has 1 rings (SSSR count). The molecule has 0 bridgehead atoms. The molecule has 0 saturated carbocycles. The van der Waals surface area contributed by atoms with Crippen LogP contribution < -0.4 is 4.74 Å². The second-order valence-electron chi connectivity index (χ2n) is 3.68. The monoisotopic (exact) mass is 290 g/mol. The summed E-state index contributed by atoms with van der Waals surface area (Å²) in [5.41, 5.74) is -1.22. The minimum Gasteiger partial charge on any atom is -0.473 e. The SMILES string of the molecule is COC(=O)C(C)(C)Oc1ccc(Br)cc1F. The smallest absolute Gasteiger partial charge is 0.349 e. The van der Waals surface area contributed by atoms with Crippen LogP contribution in [-0.2, 0) is 9.53 Å². The van der Waals surface area contributed by atoms with Crippen molar-refractivity contribution in [2.75, 3.05) is 7.11 Å². The van der Waals surface area contributed by atoms with Crippen LogP contribution in [0.15, 0.2) is 22.7 Å². The number of carbonyl (C=O) groups is 1. The lowest BCUT2D eigenvalue weighted by Crippen LogP contribution is -2.39. The van der Waals surface area contributed by atoms with Crippen LogP contribution in [0.25, 0.3) is 0 Å². The Morgan fingerprint density at radius 2 is 2.06 bits per heavy atom. The molecule has 0 aromatic heterocycles. The van der Waals surface area contributed by atoms with Crippen molar-refractivity contribution in [2.45, 2.75) is 19.4 Å². The fourth-order valence-corrected chi connectivity index (χ4v) is 1.45. The van der Waals surface area contributed by atoms with E-state index in [0.29, 0.717) is 4.47 Å². The molecule has 0 radical (unpaired) electrons. The summed E-state index contributed by atoms with van der Waals surface area (Å²) in [7, 11) is 1.26. The first-order valence-electron chi connectivity index (χ1n) is 4.59.